The number of rotatable bonds is 6. The molecular formula is C28H29N6O2. The molecule has 1 radical (unpaired) electrons. The second-order valence-electron chi connectivity index (χ2n) is 9.77. The highest BCUT2D eigenvalue weighted by Gasteiger charge is 2.32. The molecule has 1 saturated carbocycles. The summed E-state index contributed by atoms with van der Waals surface area (Å²) in [5.74, 6) is 0.765. The van der Waals surface area contributed by atoms with Gasteiger partial charge in [0.05, 0.1) is 18.4 Å². The molecule has 183 valence electrons. The van der Waals surface area contributed by atoms with Crippen molar-refractivity contribution in [3.05, 3.63) is 65.1 Å². The highest BCUT2D eigenvalue weighted by atomic mass is 16.5. The van der Waals surface area contributed by atoms with E-state index in [4.69, 9.17) is 9.72 Å². The van der Waals surface area contributed by atoms with Gasteiger partial charge < -0.3 is 15.0 Å². The van der Waals surface area contributed by atoms with Gasteiger partial charge in [0.2, 0.25) is 0 Å². The molecule has 2 fully saturated rings. The van der Waals surface area contributed by atoms with Gasteiger partial charge in [-0.05, 0) is 92.6 Å². The molecule has 4 heterocycles. The van der Waals surface area contributed by atoms with Crippen LogP contribution in [0.25, 0.3) is 17.3 Å². The average molecular weight is 482 g/mol. The summed E-state index contributed by atoms with van der Waals surface area (Å²) < 4.78 is 5.07. The van der Waals surface area contributed by atoms with E-state index in [1.54, 1.807) is 12.4 Å². The van der Waals surface area contributed by atoms with E-state index >= 15 is 0 Å². The van der Waals surface area contributed by atoms with Gasteiger partial charge in [-0.3, -0.25) is 4.79 Å². The number of pyridine rings is 1. The molecule has 3 aliphatic rings. The summed E-state index contributed by atoms with van der Waals surface area (Å²) in [5.41, 5.74) is 6.19. The molecule has 3 aromatic rings. The summed E-state index contributed by atoms with van der Waals surface area (Å²) in [4.78, 5) is 28.5. The van der Waals surface area contributed by atoms with Crippen LogP contribution in [0.3, 0.4) is 0 Å². The van der Waals surface area contributed by atoms with Gasteiger partial charge in [0.15, 0.2) is 0 Å². The van der Waals surface area contributed by atoms with Gasteiger partial charge >= 0.3 is 6.01 Å². The van der Waals surface area contributed by atoms with Gasteiger partial charge in [-0.2, -0.15) is 0 Å². The van der Waals surface area contributed by atoms with Crippen molar-refractivity contribution in [3.8, 4) is 17.3 Å². The monoisotopic (exact) mass is 481 g/mol. The van der Waals surface area contributed by atoms with Gasteiger partial charge in [-0.1, -0.05) is 6.07 Å². The summed E-state index contributed by atoms with van der Waals surface area (Å²) in [7, 11) is 1.53. The number of methoxy groups -OCH3 is 1. The highest BCUT2D eigenvalue weighted by Crippen LogP contribution is 2.37. The number of aromatic nitrogens is 3. The van der Waals surface area contributed by atoms with Gasteiger partial charge in [0.1, 0.15) is 5.82 Å². The number of likely N-dealkylation sites (tertiary alicyclic amines) is 1. The fourth-order valence-electron chi connectivity index (χ4n) is 5.33. The molecule has 8 heteroatoms. The number of anilines is 2. The van der Waals surface area contributed by atoms with Gasteiger partial charge in [-0.25, -0.2) is 20.3 Å². The Morgan fingerprint density at radius 2 is 1.83 bits per heavy atom. The van der Waals surface area contributed by atoms with Crippen molar-refractivity contribution in [2.75, 3.05) is 25.5 Å². The number of nitrogens with one attached hydrogen (secondary N) is 1. The van der Waals surface area contributed by atoms with E-state index in [2.05, 4.69) is 50.6 Å². The lowest BCUT2D eigenvalue weighted by Crippen LogP contribution is -2.34. The maximum Gasteiger partial charge on any atom is 0.316 e. The van der Waals surface area contributed by atoms with E-state index in [0.29, 0.717) is 23.0 Å². The maximum atomic E-state index is 12.7. The van der Waals surface area contributed by atoms with Gasteiger partial charge in [-0.15, -0.1) is 0 Å². The van der Waals surface area contributed by atoms with Crippen LogP contribution < -0.4 is 15.4 Å². The van der Waals surface area contributed by atoms with Crippen molar-refractivity contribution in [1.82, 2.24) is 25.2 Å². The van der Waals surface area contributed by atoms with Crippen LogP contribution in [-0.4, -0.2) is 52.0 Å². The van der Waals surface area contributed by atoms with Crippen molar-refractivity contribution in [2.24, 2.45) is 0 Å². The minimum absolute atomic E-state index is 0.290. The average Bonchev–Trinajstić information content (AvgIpc) is 3.75. The Morgan fingerprint density at radius 1 is 1.06 bits per heavy atom. The lowest BCUT2D eigenvalue weighted by Gasteiger charge is -2.33. The van der Waals surface area contributed by atoms with E-state index in [9.17, 15) is 4.79 Å². The topological polar surface area (TPSA) is 94.3 Å². The Labute approximate surface area is 210 Å². The Balaban J connectivity index is 1.28. The van der Waals surface area contributed by atoms with Crippen LogP contribution in [0, 0.1) is 6.92 Å². The number of carbonyl (C=O) groups excluding carboxylic acids is 1. The maximum absolute atomic E-state index is 12.7. The second-order valence-corrected chi connectivity index (χ2v) is 9.77. The zero-order valence-electron chi connectivity index (χ0n) is 20.6. The number of carbonyl (C=O) groups is 1. The van der Waals surface area contributed by atoms with Crippen LogP contribution in [0.4, 0.5) is 11.5 Å². The molecule has 1 aromatic carbocycles. The fourth-order valence-corrected chi connectivity index (χ4v) is 5.33. The van der Waals surface area contributed by atoms with Crippen LogP contribution in [0.1, 0.15) is 58.6 Å². The Morgan fingerprint density at radius 3 is 2.53 bits per heavy atom. The molecule has 0 bridgehead atoms. The van der Waals surface area contributed by atoms with Crippen LogP contribution in [-0.2, 0) is 0 Å². The molecule has 8 nitrogen and oxygen atoms in total. The molecule has 0 unspecified atom stereocenters. The molecule has 6 rings (SSSR count). The van der Waals surface area contributed by atoms with Crippen molar-refractivity contribution < 1.29 is 9.53 Å². The van der Waals surface area contributed by atoms with Gasteiger partial charge in [0, 0.05) is 35.9 Å². The number of piperidine rings is 1. The largest absolute Gasteiger partial charge is 0.467 e. The lowest BCUT2D eigenvalue weighted by atomic mass is 9.86. The molecule has 2 aliphatic heterocycles. The van der Waals surface area contributed by atoms with Crippen molar-refractivity contribution >= 4 is 23.5 Å². The lowest BCUT2D eigenvalue weighted by molar-refractivity contribution is 0.0965. The second kappa shape index (κ2) is 9.35. The molecule has 1 N–H and O–H groups in total. The first-order chi connectivity index (χ1) is 17.6. The minimum Gasteiger partial charge on any atom is -0.467 e. The summed E-state index contributed by atoms with van der Waals surface area (Å²) in [6.07, 6.45) is 11.9. The molecular weight excluding hydrogens is 452 g/mol. The summed E-state index contributed by atoms with van der Waals surface area (Å²) in [6.45, 7) is 4.57. The molecule has 36 heavy (non-hydrogen) atoms. The number of hydrogen-bond donors (Lipinski definition) is 1. The predicted molar refractivity (Wildman–Crippen MR) is 138 cm³/mol. The Kier molecular flexibility index (Phi) is 5.89. The van der Waals surface area contributed by atoms with Crippen molar-refractivity contribution in [2.45, 2.75) is 44.6 Å². The zero-order chi connectivity index (χ0) is 24.6. The molecule has 0 atom stereocenters. The third-order valence-corrected chi connectivity index (χ3v) is 7.38. The normalized spacial score (nSPS) is 18.0. The molecule has 2 aromatic heterocycles. The smallest absolute Gasteiger partial charge is 0.316 e. The van der Waals surface area contributed by atoms with E-state index in [1.807, 2.05) is 12.1 Å². The number of fused-ring (bicyclic) bond motifs is 1. The van der Waals surface area contributed by atoms with E-state index in [1.165, 1.54) is 63.2 Å². The van der Waals surface area contributed by atoms with Crippen molar-refractivity contribution in [1.29, 1.82) is 0 Å². The molecule has 1 saturated heterocycles. The van der Waals surface area contributed by atoms with Gasteiger partial charge in [0.25, 0.3) is 5.91 Å². The fraction of sp³-hybridized carbons (Fsp3) is 0.357. The van der Waals surface area contributed by atoms with E-state index < -0.39 is 0 Å². The first-order valence-corrected chi connectivity index (χ1v) is 12.5. The van der Waals surface area contributed by atoms with Crippen LogP contribution in [0.5, 0.6) is 6.01 Å². The quantitative estimate of drug-likeness (QED) is 0.547. The summed E-state index contributed by atoms with van der Waals surface area (Å²) in [5, 5.41) is 7.37. The molecule has 1 aliphatic carbocycles. The van der Waals surface area contributed by atoms with E-state index in [0.717, 1.165) is 22.9 Å². The molecule has 0 spiro atoms. The number of amides is 1. The third kappa shape index (κ3) is 4.44. The summed E-state index contributed by atoms with van der Waals surface area (Å²) in [6, 6.07) is 9.47. The van der Waals surface area contributed by atoms with Crippen LogP contribution >= 0.6 is 0 Å². The number of benzene rings is 1. The van der Waals surface area contributed by atoms with Crippen molar-refractivity contribution in [3.63, 3.8) is 0 Å². The van der Waals surface area contributed by atoms with Crippen LogP contribution in [0.15, 0.2) is 42.9 Å². The Bertz CT molecular complexity index is 1320. The summed E-state index contributed by atoms with van der Waals surface area (Å²) >= 11 is 0. The number of aryl methyl sites for hydroxylation is 1. The number of hydrogen-bond acceptors (Lipinski definition) is 7. The van der Waals surface area contributed by atoms with E-state index in [-0.39, 0.29) is 11.9 Å². The number of ether oxygens (including phenoxy) is 1. The Hall–Kier alpha value is -3.78. The number of nitrogens with zero attached hydrogens (tertiary/aromatic N) is 5. The first kappa shape index (κ1) is 22.7. The standard InChI is InChI=1S/C28H29N6O2/c1-17-13-21(3-6-23(17)18-8-11-34(12-9-18)22-4-5-22)32-26-25-19(7-10-29-27(25)35)14-24(33-26)20-15-30-28(36-2)31-16-20/h3,6-7,10,13-16,18,22H,4-5,8-9,11-12H2,1-2H3,(H,32,33). The third-order valence-electron chi connectivity index (χ3n) is 7.38. The predicted octanol–water partition coefficient (Wildman–Crippen LogP) is 4.67. The zero-order valence-corrected chi connectivity index (χ0v) is 20.6. The van der Waals surface area contributed by atoms with Crippen LogP contribution in [0.2, 0.25) is 0 Å². The first-order valence-electron chi connectivity index (χ1n) is 12.5. The molecule has 1 amide bonds. The minimum atomic E-state index is -0.309. The highest BCUT2D eigenvalue weighted by molar-refractivity contribution is 6.05. The SMILES string of the molecule is COc1ncc(-c2cc3c(c(Nc4ccc(C5CCN(C6CC6)CC5)c(C)c4)n2)C(=O)[N]C=C3)cn1.